The summed E-state index contributed by atoms with van der Waals surface area (Å²) in [4.78, 5) is 28.3. The van der Waals surface area contributed by atoms with Gasteiger partial charge in [-0.15, -0.1) is 0 Å². The number of nitrogens with zero attached hydrogens (tertiary/aromatic N) is 5. The monoisotopic (exact) mass is 465 g/mol. The van der Waals surface area contributed by atoms with E-state index in [9.17, 15) is 4.79 Å². The van der Waals surface area contributed by atoms with Gasteiger partial charge < -0.3 is 0 Å². The van der Waals surface area contributed by atoms with Gasteiger partial charge in [0.15, 0.2) is 11.3 Å². The van der Waals surface area contributed by atoms with E-state index in [0.717, 1.165) is 33.4 Å². The number of hydrogen-bond donors (Lipinski definition) is 0. The quantitative estimate of drug-likeness (QED) is 0.341. The summed E-state index contributed by atoms with van der Waals surface area (Å²) in [6.07, 6.45) is 1.58. The zero-order valence-electron chi connectivity index (χ0n) is 18.7. The van der Waals surface area contributed by atoms with Crippen molar-refractivity contribution in [2.24, 2.45) is 0 Å². The van der Waals surface area contributed by atoms with Crippen LogP contribution in [0.1, 0.15) is 16.7 Å². The van der Waals surface area contributed by atoms with Crippen LogP contribution in [0.3, 0.4) is 0 Å². The molecule has 0 atom stereocenters. The minimum absolute atomic E-state index is 0.178. The maximum Gasteiger partial charge on any atom is 0.265 e. The molecule has 6 rings (SSSR count). The fraction of sp³-hybridized carbons (Fsp3) is 0.111. The second kappa shape index (κ2) is 7.78. The fourth-order valence-corrected chi connectivity index (χ4v) is 4.71. The van der Waals surface area contributed by atoms with Crippen molar-refractivity contribution in [1.82, 2.24) is 24.1 Å². The Hall–Kier alpha value is -4.03. The van der Waals surface area contributed by atoms with E-state index in [0.29, 0.717) is 33.8 Å². The van der Waals surface area contributed by atoms with Gasteiger partial charge in [0.1, 0.15) is 17.2 Å². The van der Waals surface area contributed by atoms with E-state index in [2.05, 4.69) is 32.0 Å². The predicted octanol–water partition coefficient (Wildman–Crippen LogP) is 5.60. The molecule has 0 unspecified atom stereocenters. The first-order valence-electron chi connectivity index (χ1n) is 11.0. The van der Waals surface area contributed by atoms with Crippen LogP contribution in [0, 0.1) is 13.8 Å². The fourth-order valence-electron chi connectivity index (χ4n) is 4.52. The summed E-state index contributed by atoms with van der Waals surface area (Å²) >= 11 is 6.36. The molecule has 0 saturated heterocycles. The molecule has 0 spiro atoms. The number of aromatic nitrogens is 5. The SMILES string of the molecule is Cc1cc(C)cc(-n2c3nc4ccccc4nc3c3c(=O)n(Cc4ccccc4Cl)cnc32)c1. The third kappa shape index (κ3) is 3.26. The first-order valence-corrected chi connectivity index (χ1v) is 11.4. The summed E-state index contributed by atoms with van der Waals surface area (Å²) in [6, 6.07) is 21.4. The molecule has 6 aromatic rings. The molecule has 34 heavy (non-hydrogen) atoms. The van der Waals surface area contributed by atoms with E-state index < -0.39 is 0 Å². The Bertz CT molecular complexity index is 1780. The Morgan fingerprint density at radius 2 is 1.53 bits per heavy atom. The molecule has 0 radical (unpaired) electrons. The van der Waals surface area contributed by atoms with Crippen molar-refractivity contribution in [3.05, 3.63) is 105 Å². The van der Waals surface area contributed by atoms with Crippen LogP contribution in [0.25, 0.3) is 38.9 Å². The summed E-state index contributed by atoms with van der Waals surface area (Å²) in [7, 11) is 0. The molecular weight excluding hydrogens is 446 g/mol. The van der Waals surface area contributed by atoms with Crippen LogP contribution >= 0.6 is 11.6 Å². The van der Waals surface area contributed by atoms with Gasteiger partial charge in [-0.05, 0) is 60.9 Å². The van der Waals surface area contributed by atoms with E-state index in [1.807, 2.05) is 53.1 Å². The molecule has 0 saturated carbocycles. The molecule has 3 heterocycles. The molecule has 0 aliphatic carbocycles. The van der Waals surface area contributed by atoms with Crippen LogP contribution in [0.2, 0.25) is 5.02 Å². The van der Waals surface area contributed by atoms with Crippen LogP contribution in [0.5, 0.6) is 0 Å². The van der Waals surface area contributed by atoms with Crippen LogP contribution in [0.4, 0.5) is 0 Å². The summed E-state index contributed by atoms with van der Waals surface area (Å²) < 4.78 is 3.51. The van der Waals surface area contributed by atoms with Crippen molar-refractivity contribution in [3.63, 3.8) is 0 Å². The van der Waals surface area contributed by atoms with E-state index in [1.165, 1.54) is 0 Å². The highest BCUT2D eigenvalue weighted by Crippen LogP contribution is 2.29. The Kier molecular flexibility index (Phi) is 4.71. The van der Waals surface area contributed by atoms with Crippen molar-refractivity contribution >= 4 is 44.8 Å². The van der Waals surface area contributed by atoms with E-state index in [4.69, 9.17) is 26.6 Å². The van der Waals surface area contributed by atoms with Crippen molar-refractivity contribution in [2.75, 3.05) is 0 Å². The molecule has 3 aromatic carbocycles. The summed E-state index contributed by atoms with van der Waals surface area (Å²) in [6.45, 7) is 4.42. The maximum absolute atomic E-state index is 13.8. The average molecular weight is 466 g/mol. The molecule has 3 aromatic heterocycles. The molecule has 0 fully saturated rings. The third-order valence-electron chi connectivity index (χ3n) is 5.99. The molecule has 7 heteroatoms. The zero-order valence-corrected chi connectivity index (χ0v) is 19.4. The van der Waals surface area contributed by atoms with Gasteiger partial charge in [-0.1, -0.05) is 48.0 Å². The van der Waals surface area contributed by atoms with Gasteiger partial charge in [0.25, 0.3) is 5.56 Å². The minimum Gasteiger partial charge on any atom is -0.294 e. The highest BCUT2D eigenvalue weighted by atomic mass is 35.5. The number of benzene rings is 3. The van der Waals surface area contributed by atoms with Gasteiger partial charge in [0, 0.05) is 10.7 Å². The van der Waals surface area contributed by atoms with Crippen molar-refractivity contribution in [1.29, 1.82) is 0 Å². The van der Waals surface area contributed by atoms with Crippen LogP contribution in [-0.4, -0.2) is 24.1 Å². The number of aryl methyl sites for hydroxylation is 2. The number of rotatable bonds is 3. The molecule has 0 amide bonds. The predicted molar refractivity (Wildman–Crippen MR) is 136 cm³/mol. The van der Waals surface area contributed by atoms with Gasteiger partial charge >= 0.3 is 0 Å². The first-order chi connectivity index (χ1) is 16.5. The molecule has 0 aliphatic heterocycles. The average Bonchev–Trinajstić information content (AvgIpc) is 3.14. The smallest absolute Gasteiger partial charge is 0.265 e. The summed E-state index contributed by atoms with van der Waals surface area (Å²) in [5, 5.41) is 1.06. The lowest BCUT2D eigenvalue weighted by Crippen LogP contribution is -2.21. The second-order valence-electron chi connectivity index (χ2n) is 8.53. The van der Waals surface area contributed by atoms with Gasteiger partial charge in [-0.3, -0.25) is 13.9 Å². The van der Waals surface area contributed by atoms with Gasteiger partial charge in [0.05, 0.1) is 17.6 Å². The molecule has 0 N–H and O–H groups in total. The summed E-state index contributed by atoms with van der Waals surface area (Å²) in [5.74, 6) is 0. The van der Waals surface area contributed by atoms with Crippen molar-refractivity contribution in [2.45, 2.75) is 20.4 Å². The molecule has 6 nitrogen and oxygen atoms in total. The lowest BCUT2D eigenvalue weighted by molar-refractivity contribution is 0.747. The van der Waals surface area contributed by atoms with Gasteiger partial charge in [-0.2, -0.15) is 0 Å². The van der Waals surface area contributed by atoms with E-state index in [1.54, 1.807) is 10.9 Å². The maximum atomic E-state index is 13.8. The molecular formula is C27H20ClN5O. The largest absolute Gasteiger partial charge is 0.294 e. The zero-order chi connectivity index (χ0) is 23.4. The van der Waals surface area contributed by atoms with Crippen LogP contribution < -0.4 is 5.56 Å². The molecule has 166 valence electrons. The molecule has 0 bridgehead atoms. The highest BCUT2D eigenvalue weighted by molar-refractivity contribution is 6.31. The van der Waals surface area contributed by atoms with Gasteiger partial charge in [-0.25, -0.2) is 15.0 Å². The lowest BCUT2D eigenvalue weighted by Gasteiger charge is -2.10. The Morgan fingerprint density at radius 1 is 0.853 bits per heavy atom. The summed E-state index contributed by atoms with van der Waals surface area (Å²) in [5.41, 5.74) is 6.99. The standard InChI is InChI=1S/C27H20ClN5O/c1-16-11-17(2)13-19(12-16)33-25-23(24-26(33)31-22-10-6-5-9-21(22)30-24)27(34)32(15-29-25)14-18-7-3-4-8-20(18)28/h3-13,15H,14H2,1-2H3. The third-order valence-corrected chi connectivity index (χ3v) is 6.36. The second-order valence-corrected chi connectivity index (χ2v) is 8.94. The molecule has 0 aliphatic rings. The highest BCUT2D eigenvalue weighted by Gasteiger charge is 2.21. The number of para-hydroxylation sites is 2. The number of fused-ring (bicyclic) bond motifs is 4. The van der Waals surface area contributed by atoms with E-state index >= 15 is 0 Å². The van der Waals surface area contributed by atoms with Crippen molar-refractivity contribution < 1.29 is 0 Å². The minimum atomic E-state index is -0.178. The lowest BCUT2D eigenvalue weighted by atomic mass is 10.1. The Labute approximate surface area is 200 Å². The Morgan fingerprint density at radius 3 is 2.26 bits per heavy atom. The normalized spacial score (nSPS) is 11.6. The van der Waals surface area contributed by atoms with Crippen LogP contribution in [-0.2, 0) is 6.54 Å². The van der Waals surface area contributed by atoms with Gasteiger partial charge in [0.2, 0.25) is 0 Å². The van der Waals surface area contributed by atoms with Crippen molar-refractivity contribution in [3.8, 4) is 5.69 Å². The number of hydrogen-bond acceptors (Lipinski definition) is 4. The topological polar surface area (TPSA) is 65.6 Å². The Balaban J connectivity index is 1.71. The number of halogens is 1. The first kappa shape index (κ1) is 20.6. The van der Waals surface area contributed by atoms with Crippen LogP contribution in [0.15, 0.2) is 77.9 Å². The van der Waals surface area contributed by atoms with E-state index in [-0.39, 0.29) is 5.56 Å².